The molecule has 1 aromatic heterocycles. The predicted octanol–water partition coefficient (Wildman–Crippen LogP) is 0.508. The Morgan fingerprint density at radius 1 is 1.39 bits per heavy atom. The Labute approximate surface area is 136 Å². The minimum absolute atomic E-state index is 0.163. The number of hydrogen-bond donors (Lipinski definition) is 0. The molecule has 1 atom stereocenters. The summed E-state index contributed by atoms with van der Waals surface area (Å²) < 4.78 is 32.5. The molecule has 23 heavy (non-hydrogen) atoms. The molecule has 1 saturated carbocycles. The second-order valence-corrected chi connectivity index (χ2v) is 9.25. The van der Waals surface area contributed by atoms with Crippen molar-refractivity contribution in [1.82, 2.24) is 14.3 Å². The summed E-state index contributed by atoms with van der Waals surface area (Å²) in [6, 6.07) is 0. The van der Waals surface area contributed by atoms with Crippen LogP contribution < -0.4 is 4.90 Å². The quantitative estimate of drug-likeness (QED) is 0.799. The van der Waals surface area contributed by atoms with Crippen molar-refractivity contribution in [3.05, 3.63) is 17.5 Å². The zero-order valence-corrected chi connectivity index (χ0v) is 14.3. The highest BCUT2D eigenvalue weighted by molar-refractivity contribution is 7.90. The van der Waals surface area contributed by atoms with Crippen LogP contribution in [0.25, 0.3) is 0 Å². The normalized spacial score (nSPS) is 28.1. The average Bonchev–Trinajstić information content (AvgIpc) is 3.30. The van der Waals surface area contributed by atoms with Crippen molar-refractivity contribution >= 4 is 16.0 Å². The van der Waals surface area contributed by atoms with Crippen molar-refractivity contribution in [1.29, 1.82) is 0 Å². The van der Waals surface area contributed by atoms with Gasteiger partial charge in [-0.25, -0.2) is 22.7 Å². The maximum atomic E-state index is 12.6. The maximum absolute atomic E-state index is 12.6. The summed E-state index contributed by atoms with van der Waals surface area (Å²) in [5.41, 5.74) is 1.62. The summed E-state index contributed by atoms with van der Waals surface area (Å²) in [7, 11) is 0.672. The molecule has 1 spiro atoms. The molecular formula is C15H22N4O3S. The van der Waals surface area contributed by atoms with Gasteiger partial charge in [0.15, 0.2) is 0 Å². The zero-order chi connectivity index (χ0) is 16.2. The average molecular weight is 338 g/mol. The third-order valence-electron chi connectivity index (χ3n) is 5.01. The number of aromatic nitrogens is 2. The lowest BCUT2D eigenvalue weighted by atomic mass is 9.81. The van der Waals surface area contributed by atoms with Crippen molar-refractivity contribution in [3.8, 4) is 0 Å². The van der Waals surface area contributed by atoms with Crippen molar-refractivity contribution < 1.29 is 13.2 Å². The molecule has 2 fully saturated rings. The smallest absolute Gasteiger partial charge is 0.225 e. The number of fused-ring (bicyclic) bond motifs is 2. The molecule has 1 unspecified atom stereocenters. The molecule has 1 saturated heterocycles. The van der Waals surface area contributed by atoms with E-state index in [0.29, 0.717) is 32.3 Å². The van der Waals surface area contributed by atoms with Crippen LogP contribution in [-0.4, -0.2) is 61.7 Å². The fourth-order valence-corrected chi connectivity index (χ4v) is 5.47. The van der Waals surface area contributed by atoms with Gasteiger partial charge in [0.05, 0.1) is 29.6 Å². The molecule has 0 amide bonds. The number of anilines is 1. The molecule has 8 heteroatoms. The van der Waals surface area contributed by atoms with E-state index in [-0.39, 0.29) is 10.7 Å². The van der Waals surface area contributed by atoms with Gasteiger partial charge in [-0.1, -0.05) is 0 Å². The number of sulfonamides is 1. The summed E-state index contributed by atoms with van der Waals surface area (Å²) in [5.74, 6) is 0.661. The molecule has 126 valence electrons. The minimum Gasteiger partial charge on any atom is -0.376 e. The van der Waals surface area contributed by atoms with Crippen LogP contribution in [-0.2, 0) is 26.8 Å². The number of hydrogen-bond acceptors (Lipinski definition) is 6. The van der Waals surface area contributed by atoms with Crippen LogP contribution in [0.5, 0.6) is 0 Å². The Morgan fingerprint density at radius 3 is 2.87 bits per heavy atom. The Morgan fingerprint density at radius 2 is 2.17 bits per heavy atom. The predicted molar refractivity (Wildman–Crippen MR) is 85.8 cm³/mol. The lowest BCUT2D eigenvalue weighted by Crippen LogP contribution is -2.42. The maximum Gasteiger partial charge on any atom is 0.225 e. The first kappa shape index (κ1) is 15.3. The molecule has 1 aliphatic carbocycles. The monoisotopic (exact) mass is 338 g/mol. The zero-order valence-electron chi connectivity index (χ0n) is 13.5. The Balaban J connectivity index is 1.70. The first-order valence-electron chi connectivity index (χ1n) is 8.03. The van der Waals surface area contributed by atoms with Crippen molar-refractivity contribution in [2.45, 2.75) is 36.5 Å². The number of ether oxygens (including phenoxy) is 1. The largest absolute Gasteiger partial charge is 0.376 e. The van der Waals surface area contributed by atoms with Gasteiger partial charge in [0.25, 0.3) is 0 Å². The third kappa shape index (κ3) is 2.43. The van der Waals surface area contributed by atoms with Crippen LogP contribution in [0, 0.1) is 0 Å². The van der Waals surface area contributed by atoms with E-state index in [0.717, 1.165) is 30.5 Å². The highest BCUT2D eigenvalue weighted by atomic mass is 32.2. The second-order valence-electron chi connectivity index (χ2n) is 7.04. The van der Waals surface area contributed by atoms with E-state index >= 15 is 0 Å². The summed E-state index contributed by atoms with van der Waals surface area (Å²) in [6.45, 7) is 2.06. The molecule has 2 aliphatic heterocycles. The Hall–Kier alpha value is -1.25. The van der Waals surface area contributed by atoms with Crippen LogP contribution in [0.3, 0.4) is 0 Å². The number of nitrogens with zero attached hydrogens (tertiary/aromatic N) is 4. The summed E-state index contributed by atoms with van der Waals surface area (Å²) in [5, 5.41) is -0.163. The van der Waals surface area contributed by atoms with E-state index < -0.39 is 10.0 Å². The van der Waals surface area contributed by atoms with Crippen molar-refractivity contribution in [3.63, 3.8) is 0 Å². The van der Waals surface area contributed by atoms with E-state index in [2.05, 4.69) is 4.98 Å². The van der Waals surface area contributed by atoms with E-state index in [1.54, 1.807) is 4.31 Å². The molecule has 4 rings (SSSR count). The lowest BCUT2D eigenvalue weighted by molar-refractivity contribution is 0.0531. The molecule has 3 aliphatic rings. The first-order valence-corrected chi connectivity index (χ1v) is 9.53. The van der Waals surface area contributed by atoms with Gasteiger partial charge in [0.2, 0.25) is 16.0 Å². The molecule has 0 aromatic carbocycles. The fraction of sp³-hybridized carbons (Fsp3) is 0.733. The standard InChI is InChI=1S/C15H22N4O3S/c1-18(2)14-16-7-11-8-22-10-15(13(11)17-14)5-6-19(9-15)23(20,21)12-3-4-12/h7,12H,3-6,8-10H2,1-2H3. The molecule has 1 aromatic rings. The van der Waals surface area contributed by atoms with Gasteiger partial charge in [-0.2, -0.15) is 0 Å². The highest BCUT2D eigenvalue weighted by Gasteiger charge is 2.51. The highest BCUT2D eigenvalue weighted by Crippen LogP contribution is 2.42. The molecule has 7 nitrogen and oxygen atoms in total. The van der Waals surface area contributed by atoms with Crippen LogP contribution in [0.4, 0.5) is 5.95 Å². The van der Waals surface area contributed by atoms with Crippen LogP contribution in [0.15, 0.2) is 6.20 Å². The molecule has 0 radical (unpaired) electrons. The van der Waals surface area contributed by atoms with E-state index in [4.69, 9.17) is 9.72 Å². The summed E-state index contributed by atoms with van der Waals surface area (Å²) in [6.07, 6.45) is 4.17. The van der Waals surface area contributed by atoms with E-state index in [1.165, 1.54) is 0 Å². The van der Waals surface area contributed by atoms with Gasteiger partial charge >= 0.3 is 0 Å². The van der Waals surface area contributed by atoms with Gasteiger partial charge in [0, 0.05) is 38.9 Å². The first-order chi connectivity index (χ1) is 10.9. The van der Waals surface area contributed by atoms with Gasteiger partial charge < -0.3 is 9.64 Å². The molecule has 3 heterocycles. The van der Waals surface area contributed by atoms with E-state index in [9.17, 15) is 8.42 Å². The topological polar surface area (TPSA) is 75.6 Å². The Bertz CT molecular complexity index is 732. The van der Waals surface area contributed by atoms with Gasteiger partial charge in [-0.15, -0.1) is 0 Å². The van der Waals surface area contributed by atoms with Crippen molar-refractivity contribution in [2.24, 2.45) is 0 Å². The summed E-state index contributed by atoms with van der Waals surface area (Å²) >= 11 is 0. The van der Waals surface area contributed by atoms with Gasteiger partial charge in [-0.3, -0.25) is 0 Å². The molecule has 0 N–H and O–H groups in total. The van der Waals surface area contributed by atoms with Crippen molar-refractivity contribution in [2.75, 3.05) is 38.7 Å². The van der Waals surface area contributed by atoms with Gasteiger partial charge in [0.1, 0.15) is 0 Å². The van der Waals surface area contributed by atoms with Crippen LogP contribution >= 0.6 is 0 Å². The SMILES string of the molecule is CN(C)c1ncc2c(n1)C1(CCN(S(=O)(=O)C3CC3)C1)COC2. The molecular weight excluding hydrogens is 316 g/mol. The fourth-order valence-electron chi connectivity index (χ4n) is 3.54. The minimum atomic E-state index is -3.15. The second kappa shape index (κ2) is 5.12. The third-order valence-corrected chi connectivity index (χ3v) is 7.36. The Kier molecular flexibility index (Phi) is 3.40. The van der Waals surface area contributed by atoms with Crippen LogP contribution in [0.2, 0.25) is 0 Å². The number of rotatable bonds is 3. The van der Waals surface area contributed by atoms with Gasteiger partial charge in [-0.05, 0) is 19.3 Å². The van der Waals surface area contributed by atoms with E-state index in [1.807, 2.05) is 25.2 Å². The lowest BCUT2D eigenvalue weighted by Gasteiger charge is -2.34. The summed E-state index contributed by atoms with van der Waals surface area (Å²) in [4.78, 5) is 11.0. The van der Waals surface area contributed by atoms with Crippen LogP contribution in [0.1, 0.15) is 30.5 Å². The molecule has 0 bridgehead atoms.